The fraction of sp³-hybridized carbons (Fsp3) is 0.706. The number of thiophene rings is 1. The lowest BCUT2D eigenvalue weighted by Gasteiger charge is -2.26. The third-order valence-corrected chi connectivity index (χ3v) is 5.90. The summed E-state index contributed by atoms with van der Waals surface area (Å²) in [7, 11) is 6.18. The van der Waals surface area contributed by atoms with Gasteiger partial charge in [-0.3, -0.25) is 14.6 Å². The van der Waals surface area contributed by atoms with E-state index in [1.807, 2.05) is 14.1 Å². The minimum atomic E-state index is 0.0514. The molecule has 0 aromatic carbocycles. The lowest BCUT2D eigenvalue weighted by Crippen LogP contribution is -2.46. The minimum Gasteiger partial charge on any atom is -0.353 e. The molecule has 1 aromatic heterocycles. The van der Waals surface area contributed by atoms with Crippen LogP contribution in [0.1, 0.15) is 12.0 Å². The van der Waals surface area contributed by atoms with Crippen LogP contribution in [0.2, 0.25) is 0 Å². The summed E-state index contributed by atoms with van der Waals surface area (Å²) in [6.07, 6.45) is 0.995. The molecule has 0 radical (unpaired) electrons. The molecule has 2 fully saturated rings. The molecule has 0 spiro atoms. The first-order valence-electron chi connectivity index (χ1n) is 8.42. The lowest BCUT2D eigenvalue weighted by molar-refractivity contribution is -0.125. The fourth-order valence-corrected chi connectivity index (χ4v) is 4.56. The van der Waals surface area contributed by atoms with E-state index >= 15 is 0 Å². The molecule has 2 saturated heterocycles. The van der Waals surface area contributed by atoms with Gasteiger partial charge >= 0.3 is 0 Å². The van der Waals surface area contributed by atoms with Crippen molar-refractivity contribution >= 4 is 17.2 Å². The molecule has 0 aliphatic carbocycles. The number of nitrogens with zero attached hydrogens (tertiary/aromatic N) is 3. The lowest BCUT2D eigenvalue weighted by atomic mass is 10.0. The molecule has 3 heterocycles. The molecule has 2 aliphatic rings. The number of fused-ring (bicyclic) bond motifs is 1. The molecule has 3 rings (SSSR count). The van der Waals surface area contributed by atoms with Crippen molar-refractivity contribution in [3.63, 3.8) is 0 Å². The zero-order chi connectivity index (χ0) is 16.4. The summed E-state index contributed by atoms with van der Waals surface area (Å²) in [5.41, 5.74) is 1.41. The Morgan fingerprint density at radius 2 is 2.26 bits per heavy atom. The van der Waals surface area contributed by atoms with Gasteiger partial charge in [0.1, 0.15) is 0 Å². The first kappa shape index (κ1) is 16.9. The maximum atomic E-state index is 12.4. The number of hydrogen-bond acceptors (Lipinski definition) is 5. The van der Waals surface area contributed by atoms with Crippen LogP contribution < -0.4 is 5.32 Å². The zero-order valence-electron chi connectivity index (χ0n) is 14.4. The van der Waals surface area contributed by atoms with Gasteiger partial charge in [-0.25, -0.2) is 0 Å². The molecular weight excluding hydrogens is 308 g/mol. The van der Waals surface area contributed by atoms with Crippen LogP contribution >= 0.6 is 11.3 Å². The van der Waals surface area contributed by atoms with E-state index in [0.29, 0.717) is 12.0 Å². The Balaban J connectivity index is 1.49. The molecular formula is C17H28N4OS. The standard InChI is InChI=1S/C17H28N4OS/c1-19(2)6-5-18-17(22)15-8-14-10-21(11-16(14)20(15)3)9-13-4-7-23-12-13/h4,7,12,14-16H,5-6,8-11H2,1-3H3,(H,18,22)/t14-,15+,16+/m0/s1. The topological polar surface area (TPSA) is 38.8 Å². The third kappa shape index (κ3) is 3.94. The van der Waals surface area contributed by atoms with Crippen molar-refractivity contribution in [2.75, 3.05) is 47.3 Å². The molecule has 128 valence electrons. The van der Waals surface area contributed by atoms with Crippen molar-refractivity contribution in [1.82, 2.24) is 20.0 Å². The Morgan fingerprint density at radius 1 is 1.43 bits per heavy atom. The highest BCUT2D eigenvalue weighted by Crippen LogP contribution is 2.35. The number of rotatable bonds is 6. The van der Waals surface area contributed by atoms with Crippen molar-refractivity contribution in [2.24, 2.45) is 5.92 Å². The van der Waals surface area contributed by atoms with Crippen molar-refractivity contribution < 1.29 is 4.79 Å². The Morgan fingerprint density at radius 3 is 2.91 bits per heavy atom. The van der Waals surface area contributed by atoms with Gasteiger partial charge in [0.05, 0.1) is 6.04 Å². The van der Waals surface area contributed by atoms with E-state index in [4.69, 9.17) is 0 Å². The second-order valence-corrected chi connectivity index (χ2v) is 7.94. The number of carbonyl (C=O) groups excluding carboxylic acids is 1. The Hall–Kier alpha value is -0.950. The third-order valence-electron chi connectivity index (χ3n) is 5.17. The molecule has 1 aromatic rings. The van der Waals surface area contributed by atoms with E-state index in [9.17, 15) is 4.79 Å². The number of likely N-dealkylation sites (tertiary alicyclic amines) is 2. The van der Waals surface area contributed by atoms with Crippen LogP contribution in [0.25, 0.3) is 0 Å². The van der Waals surface area contributed by atoms with Crippen molar-refractivity contribution in [3.05, 3.63) is 22.4 Å². The Labute approximate surface area is 143 Å². The molecule has 0 saturated carbocycles. The van der Waals surface area contributed by atoms with Gasteiger partial charge in [-0.1, -0.05) is 0 Å². The normalized spacial score (nSPS) is 28.4. The summed E-state index contributed by atoms with van der Waals surface area (Å²) in [6.45, 7) is 4.87. The molecule has 0 bridgehead atoms. The highest BCUT2D eigenvalue weighted by molar-refractivity contribution is 7.07. The van der Waals surface area contributed by atoms with Crippen LogP contribution in [0.5, 0.6) is 0 Å². The van der Waals surface area contributed by atoms with Crippen molar-refractivity contribution in [1.29, 1.82) is 0 Å². The SMILES string of the molecule is CN(C)CCNC(=O)[C@H]1C[C@H]2CN(Cc3ccsc3)C[C@H]2N1C. The summed E-state index contributed by atoms with van der Waals surface area (Å²) < 4.78 is 0. The number of amides is 1. The van der Waals surface area contributed by atoms with Gasteiger partial charge in [-0.15, -0.1) is 0 Å². The molecule has 23 heavy (non-hydrogen) atoms. The number of likely N-dealkylation sites (N-methyl/N-ethyl adjacent to an activating group) is 2. The Kier molecular flexibility index (Phi) is 5.36. The van der Waals surface area contributed by atoms with E-state index in [-0.39, 0.29) is 11.9 Å². The van der Waals surface area contributed by atoms with Crippen LogP contribution in [0.15, 0.2) is 16.8 Å². The first-order valence-corrected chi connectivity index (χ1v) is 9.36. The van der Waals surface area contributed by atoms with E-state index < -0.39 is 0 Å². The van der Waals surface area contributed by atoms with Crippen molar-refractivity contribution in [2.45, 2.75) is 25.0 Å². The second-order valence-electron chi connectivity index (χ2n) is 7.16. The van der Waals surface area contributed by atoms with Crippen LogP contribution in [-0.4, -0.2) is 80.0 Å². The van der Waals surface area contributed by atoms with E-state index in [2.05, 4.69) is 43.9 Å². The van der Waals surface area contributed by atoms with Crippen LogP contribution in [0.3, 0.4) is 0 Å². The summed E-state index contributed by atoms with van der Waals surface area (Å²) in [4.78, 5) is 19.4. The quantitative estimate of drug-likeness (QED) is 0.839. The smallest absolute Gasteiger partial charge is 0.237 e. The molecule has 5 nitrogen and oxygen atoms in total. The highest BCUT2D eigenvalue weighted by Gasteiger charge is 2.46. The van der Waals surface area contributed by atoms with Gasteiger partial charge in [0.2, 0.25) is 5.91 Å². The van der Waals surface area contributed by atoms with Gasteiger partial charge in [-0.2, -0.15) is 11.3 Å². The average Bonchev–Trinajstić information content (AvgIpc) is 3.18. The molecule has 3 atom stereocenters. The van der Waals surface area contributed by atoms with E-state index in [0.717, 1.165) is 39.1 Å². The molecule has 1 N–H and O–H groups in total. The largest absolute Gasteiger partial charge is 0.353 e. The summed E-state index contributed by atoms with van der Waals surface area (Å²) in [5, 5.41) is 7.47. The maximum absolute atomic E-state index is 12.4. The molecule has 6 heteroatoms. The van der Waals surface area contributed by atoms with Gasteiger partial charge in [0, 0.05) is 38.8 Å². The van der Waals surface area contributed by atoms with Gasteiger partial charge < -0.3 is 10.2 Å². The van der Waals surface area contributed by atoms with Crippen LogP contribution in [0.4, 0.5) is 0 Å². The first-order chi connectivity index (χ1) is 11.0. The van der Waals surface area contributed by atoms with E-state index in [1.165, 1.54) is 5.56 Å². The fourth-order valence-electron chi connectivity index (χ4n) is 3.90. The second kappa shape index (κ2) is 7.30. The summed E-state index contributed by atoms with van der Waals surface area (Å²) in [5.74, 6) is 0.830. The van der Waals surface area contributed by atoms with Crippen LogP contribution in [-0.2, 0) is 11.3 Å². The van der Waals surface area contributed by atoms with Crippen molar-refractivity contribution in [3.8, 4) is 0 Å². The number of carbonyl (C=O) groups is 1. The maximum Gasteiger partial charge on any atom is 0.237 e. The Bertz CT molecular complexity index is 519. The van der Waals surface area contributed by atoms with E-state index in [1.54, 1.807) is 11.3 Å². The molecule has 1 amide bonds. The predicted octanol–water partition coefficient (Wildman–Crippen LogP) is 0.930. The monoisotopic (exact) mass is 336 g/mol. The number of nitrogens with one attached hydrogen (secondary N) is 1. The molecule has 0 unspecified atom stereocenters. The van der Waals surface area contributed by atoms with Crippen LogP contribution in [0, 0.1) is 5.92 Å². The summed E-state index contributed by atoms with van der Waals surface area (Å²) >= 11 is 1.77. The average molecular weight is 337 g/mol. The minimum absolute atomic E-state index is 0.0514. The highest BCUT2D eigenvalue weighted by atomic mass is 32.1. The van der Waals surface area contributed by atoms with Gasteiger partial charge in [0.15, 0.2) is 0 Å². The molecule has 2 aliphatic heterocycles. The predicted molar refractivity (Wildman–Crippen MR) is 94.6 cm³/mol. The van der Waals surface area contributed by atoms with Gasteiger partial charge in [0.25, 0.3) is 0 Å². The zero-order valence-corrected chi connectivity index (χ0v) is 15.2. The van der Waals surface area contributed by atoms with Gasteiger partial charge in [-0.05, 0) is 55.9 Å². The number of hydrogen-bond donors (Lipinski definition) is 1. The summed E-state index contributed by atoms with van der Waals surface area (Å²) in [6, 6.07) is 2.79.